The number of thiocarbonyl (C=S) groups is 1. The van der Waals surface area contributed by atoms with Crippen LogP contribution in [0.3, 0.4) is 0 Å². The second kappa shape index (κ2) is 5.50. The molecular weight excluding hydrogens is 289 g/mol. The van der Waals surface area contributed by atoms with Crippen molar-refractivity contribution in [3.8, 4) is 0 Å². The quantitative estimate of drug-likeness (QED) is 0.609. The number of carboxylic acid groups (broad SMARTS) is 1. The Balaban J connectivity index is 2.28. The molecule has 1 aliphatic rings. The van der Waals surface area contributed by atoms with E-state index < -0.39 is 24.2 Å². The van der Waals surface area contributed by atoms with Crippen LogP contribution < -0.4 is 5.11 Å². The number of carboxylic acids is 1. The lowest BCUT2D eigenvalue weighted by Gasteiger charge is -2.14. The van der Waals surface area contributed by atoms with Gasteiger partial charge in [-0.05, 0) is 12.1 Å². The van der Waals surface area contributed by atoms with Crippen LogP contribution in [0.15, 0.2) is 29.2 Å². The van der Waals surface area contributed by atoms with E-state index in [1.54, 1.807) is 6.07 Å². The molecule has 0 N–H and O–H groups in total. The highest BCUT2D eigenvalue weighted by Crippen LogP contribution is 2.32. The number of halogens is 1. The van der Waals surface area contributed by atoms with Gasteiger partial charge in [-0.2, -0.15) is 0 Å². The van der Waals surface area contributed by atoms with Crippen LogP contribution in [0.5, 0.6) is 0 Å². The molecule has 0 unspecified atom stereocenters. The number of hydrogen-bond donors (Lipinski definition) is 0. The van der Waals surface area contributed by atoms with Gasteiger partial charge >= 0.3 is 0 Å². The molecule has 1 aromatic carbocycles. The number of rotatable bonds is 3. The predicted molar refractivity (Wildman–Crippen MR) is 71.3 cm³/mol. The van der Waals surface area contributed by atoms with Gasteiger partial charge in [-0.3, -0.25) is 9.69 Å². The molecule has 1 aromatic rings. The molecule has 7 heteroatoms. The van der Waals surface area contributed by atoms with Gasteiger partial charge in [0.25, 0.3) is 5.91 Å². The summed E-state index contributed by atoms with van der Waals surface area (Å²) in [7, 11) is 0. The molecule has 1 saturated heterocycles. The third kappa shape index (κ3) is 2.99. The summed E-state index contributed by atoms with van der Waals surface area (Å²) in [6, 6.07) is 5.96. The first kappa shape index (κ1) is 13.7. The van der Waals surface area contributed by atoms with Crippen LogP contribution >= 0.6 is 24.0 Å². The fraction of sp³-hybridized carbons (Fsp3) is 0.0833. The fourth-order valence-corrected chi connectivity index (χ4v) is 2.74. The zero-order chi connectivity index (χ0) is 14.0. The molecule has 0 aromatic heterocycles. The third-order valence-corrected chi connectivity index (χ3v) is 3.73. The Kier molecular flexibility index (Phi) is 3.96. The summed E-state index contributed by atoms with van der Waals surface area (Å²) >= 11 is 5.84. The van der Waals surface area contributed by atoms with E-state index in [4.69, 9.17) is 12.2 Å². The van der Waals surface area contributed by atoms with Crippen LogP contribution in [0.4, 0.5) is 4.39 Å². The lowest BCUT2D eigenvalue weighted by Crippen LogP contribution is -2.40. The molecule has 0 aliphatic carbocycles. The normalized spacial score (nSPS) is 17.3. The molecule has 4 nitrogen and oxygen atoms in total. The monoisotopic (exact) mass is 296 g/mol. The van der Waals surface area contributed by atoms with Crippen molar-refractivity contribution in [1.29, 1.82) is 0 Å². The Morgan fingerprint density at radius 3 is 2.79 bits per heavy atom. The summed E-state index contributed by atoms with van der Waals surface area (Å²) in [5.41, 5.74) is 0.247. The molecule has 0 atom stereocenters. The number of aliphatic carboxylic acids is 1. The average Bonchev–Trinajstić information content (AvgIpc) is 2.60. The average molecular weight is 296 g/mol. The first-order valence-electron chi connectivity index (χ1n) is 5.19. The van der Waals surface area contributed by atoms with Crippen molar-refractivity contribution >= 4 is 46.3 Å². The Morgan fingerprint density at radius 2 is 2.16 bits per heavy atom. The van der Waals surface area contributed by atoms with E-state index in [1.807, 2.05) is 0 Å². The van der Waals surface area contributed by atoms with Crippen molar-refractivity contribution in [2.75, 3.05) is 6.54 Å². The lowest BCUT2D eigenvalue weighted by atomic mass is 10.2. The summed E-state index contributed by atoms with van der Waals surface area (Å²) in [5.74, 6) is -2.42. The van der Waals surface area contributed by atoms with E-state index >= 15 is 0 Å². The molecule has 0 bridgehead atoms. The van der Waals surface area contributed by atoms with Gasteiger partial charge in [0.15, 0.2) is 0 Å². The SMILES string of the molecule is O=C([O-])CN1C(=O)C(=Cc2ccccc2F)SC1=S. The molecule has 1 heterocycles. The number of carbonyl (C=O) groups excluding carboxylic acids is 2. The number of nitrogens with zero attached hydrogens (tertiary/aromatic N) is 1. The van der Waals surface area contributed by atoms with Crippen LogP contribution in [0.25, 0.3) is 6.08 Å². The maximum absolute atomic E-state index is 13.5. The maximum Gasteiger partial charge on any atom is 0.266 e. The molecule has 1 aliphatic heterocycles. The maximum atomic E-state index is 13.5. The lowest BCUT2D eigenvalue weighted by molar-refractivity contribution is -0.305. The van der Waals surface area contributed by atoms with Gasteiger partial charge in [-0.1, -0.05) is 42.2 Å². The molecular formula is C12H7FNO3S2-. The Morgan fingerprint density at radius 1 is 1.47 bits per heavy atom. The van der Waals surface area contributed by atoms with Gasteiger partial charge in [0.2, 0.25) is 0 Å². The van der Waals surface area contributed by atoms with Crippen molar-refractivity contribution in [3.05, 3.63) is 40.6 Å². The van der Waals surface area contributed by atoms with Crippen molar-refractivity contribution < 1.29 is 19.1 Å². The molecule has 19 heavy (non-hydrogen) atoms. The van der Waals surface area contributed by atoms with Gasteiger partial charge in [-0.25, -0.2) is 4.39 Å². The predicted octanol–water partition coefficient (Wildman–Crippen LogP) is 0.777. The van der Waals surface area contributed by atoms with Crippen LogP contribution in [0.2, 0.25) is 0 Å². The summed E-state index contributed by atoms with van der Waals surface area (Å²) in [4.78, 5) is 23.5. The van der Waals surface area contributed by atoms with E-state index in [0.29, 0.717) is 0 Å². The van der Waals surface area contributed by atoms with Crippen LogP contribution in [-0.4, -0.2) is 27.6 Å². The number of amides is 1. The number of carbonyl (C=O) groups is 2. The van der Waals surface area contributed by atoms with Crippen molar-refractivity contribution in [2.24, 2.45) is 0 Å². The summed E-state index contributed by atoms with van der Waals surface area (Å²) in [6.45, 7) is -0.598. The van der Waals surface area contributed by atoms with Crippen LogP contribution in [-0.2, 0) is 9.59 Å². The van der Waals surface area contributed by atoms with E-state index in [1.165, 1.54) is 24.3 Å². The summed E-state index contributed by atoms with van der Waals surface area (Å²) in [5, 5.41) is 10.5. The Bertz CT molecular complexity index is 600. The van der Waals surface area contributed by atoms with E-state index in [0.717, 1.165) is 16.7 Å². The van der Waals surface area contributed by atoms with Crippen molar-refractivity contribution in [2.45, 2.75) is 0 Å². The minimum absolute atomic E-state index is 0.122. The second-order valence-corrected chi connectivity index (χ2v) is 5.34. The molecule has 1 amide bonds. The van der Waals surface area contributed by atoms with Gasteiger partial charge < -0.3 is 9.90 Å². The van der Waals surface area contributed by atoms with Crippen LogP contribution in [0, 0.1) is 5.82 Å². The number of benzene rings is 1. The van der Waals surface area contributed by atoms with Gasteiger partial charge in [0, 0.05) is 5.56 Å². The highest BCUT2D eigenvalue weighted by molar-refractivity contribution is 8.26. The highest BCUT2D eigenvalue weighted by atomic mass is 32.2. The molecule has 0 radical (unpaired) electrons. The first-order valence-corrected chi connectivity index (χ1v) is 6.41. The molecule has 1 fully saturated rings. The molecule has 0 spiro atoms. The van der Waals surface area contributed by atoms with Gasteiger partial charge in [0.1, 0.15) is 10.1 Å². The largest absolute Gasteiger partial charge is 0.548 e. The van der Waals surface area contributed by atoms with Crippen LogP contribution in [0.1, 0.15) is 5.56 Å². The molecule has 0 saturated carbocycles. The standard InChI is InChI=1S/C12H8FNO3S2/c13-8-4-2-1-3-7(8)5-9-11(17)14(6-10(15)16)12(18)19-9/h1-5H,6H2,(H,15,16)/p-1. The highest BCUT2D eigenvalue weighted by Gasteiger charge is 2.31. The molecule has 2 rings (SSSR count). The van der Waals surface area contributed by atoms with Crippen molar-refractivity contribution in [1.82, 2.24) is 4.90 Å². The third-order valence-electron chi connectivity index (χ3n) is 2.35. The molecule has 98 valence electrons. The first-order chi connectivity index (χ1) is 8.99. The fourth-order valence-electron chi connectivity index (χ4n) is 1.50. The van der Waals surface area contributed by atoms with E-state index in [9.17, 15) is 19.1 Å². The Hall–Kier alpha value is -1.73. The summed E-state index contributed by atoms with van der Waals surface area (Å²) < 4.78 is 13.6. The van der Waals surface area contributed by atoms with Gasteiger partial charge in [0.05, 0.1) is 17.4 Å². The van der Waals surface area contributed by atoms with Crippen molar-refractivity contribution in [3.63, 3.8) is 0 Å². The topological polar surface area (TPSA) is 60.4 Å². The van der Waals surface area contributed by atoms with E-state index in [2.05, 4.69) is 0 Å². The number of thioether (sulfide) groups is 1. The summed E-state index contributed by atoms with van der Waals surface area (Å²) in [6.07, 6.45) is 1.35. The zero-order valence-corrected chi connectivity index (χ0v) is 11.1. The van der Waals surface area contributed by atoms with Gasteiger partial charge in [-0.15, -0.1) is 0 Å². The smallest absolute Gasteiger partial charge is 0.266 e. The second-order valence-electron chi connectivity index (χ2n) is 3.66. The zero-order valence-electron chi connectivity index (χ0n) is 9.46. The number of hydrogen-bond acceptors (Lipinski definition) is 5. The minimum Gasteiger partial charge on any atom is -0.548 e. The van der Waals surface area contributed by atoms with E-state index in [-0.39, 0.29) is 14.8 Å². The minimum atomic E-state index is -1.40. The Labute approximate surface area is 117 Å².